The quantitative estimate of drug-likeness (QED) is 0.767. The van der Waals surface area contributed by atoms with Gasteiger partial charge in [0.25, 0.3) is 0 Å². The first kappa shape index (κ1) is 10.3. The second-order valence-corrected chi connectivity index (χ2v) is 4.78. The van der Waals surface area contributed by atoms with Crippen molar-refractivity contribution in [1.29, 1.82) is 0 Å². The maximum absolute atomic E-state index is 5.57. The van der Waals surface area contributed by atoms with E-state index in [4.69, 9.17) is 9.84 Å². The number of nitrogens with one attached hydrogen (secondary N) is 1. The Morgan fingerprint density at radius 2 is 2.44 bits per heavy atom. The minimum absolute atomic E-state index is 0.588. The number of hydrogen-bond acceptors (Lipinski definition) is 3. The zero-order valence-corrected chi connectivity index (χ0v) is 9.83. The van der Waals surface area contributed by atoms with Crippen molar-refractivity contribution in [2.75, 3.05) is 19.7 Å². The SMILES string of the molecule is Cn1nc([C@@H]2CCCNC2)c2c1CCOC2. The van der Waals surface area contributed by atoms with Gasteiger partial charge in [-0.3, -0.25) is 4.68 Å². The van der Waals surface area contributed by atoms with Crippen LogP contribution in [0.4, 0.5) is 0 Å². The Morgan fingerprint density at radius 3 is 3.25 bits per heavy atom. The number of aryl methyl sites for hydroxylation is 1. The first-order valence-corrected chi connectivity index (χ1v) is 6.19. The number of rotatable bonds is 1. The van der Waals surface area contributed by atoms with Gasteiger partial charge in [-0.1, -0.05) is 0 Å². The molecule has 0 spiro atoms. The number of aromatic nitrogens is 2. The molecule has 2 aliphatic rings. The molecule has 0 aliphatic carbocycles. The molecule has 3 rings (SSSR count). The van der Waals surface area contributed by atoms with Crippen LogP contribution in [0.3, 0.4) is 0 Å². The molecule has 16 heavy (non-hydrogen) atoms. The highest BCUT2D eigenvalue weighted by atomic mass is 16.5. The van der Waals surface area contributed by atoms with E-state index in [-0.39, 0.29) is 0 Å². The van der Waals surface area contributed by atoms with Crippen molar-refractivity contribution in [3.05, 3.63) is 17.0 Å². The fourth-order valence-electron chi connectivity index (χ4n) is 2.85. The van der Waals surface area contributed by atoms with E-state index in [0.29, 0.717) is 5.92 Å². The molecular formula is C12H19N3O. The Balaban J connectivity index is 1.93. The van der Waals surface area contributed by atoms with Gasteiger partial charge in [-0.15, -0.1) is 0 Å². The van der Waals surface area contributed by atoms with Crippen LogP contribution in [0.15, 0.2) is 0 Å². The molecule has 0 radical (unpaired) electrons. The molecule has 1 N–H and O–H groups in total. The van der Waals surface area contributed by atoms with E-state index < -0.39 is 0 Å². The van der Waals surface area contributed by atoms with E-state index in [1.54, 1.807) is 0 Å². The topological polar surface area (TPSA) is 39.1 Å². The van der Waals surface area contributed by atoms with Gasteiger partial charge in [0.05, 0.1) is 18.9 Å². The third kappa shape index (κ3) is 1.66. The van der Waals surface area contributed by atoms with Gasteiger partial charge in [0.2, 0.25) is 0 Å². The van der Waals surface area contributed by atoms with Crippen LogP contribution in [-0.4, -0.2) is 29.5 Å². The molecule has 1 aromatic heterocycles. The average molecular weight is 221 g/mol. The maximum atomic E-state index is 5.57. The fraction of sp³-hybridized carbons (Fsp3) is 0.750. The van der Waals surface area contributed by atoms with E-state index in [1.807, 2.05) is 0 Å². The number of nitrogens with zero attached hydrogens (tertiary/aromatic N) is 2. The van der Waals surface area contributed by atoms with E-state index in [9.17, 15) is 0 Å². The Morgan fingerprint density at radius 1 is 1.50 bits per heavy atom. The van der Waals surface area contributed by atoms with Crippen molar-refractivity contribution in [3.63, 3.8) is 0 Å². The summed E-state index contributed by atoms with van der Waals surface area (Å²) in [7, 11) is 2.06. The van der Waals surface area contributed by atoms with Gasteiger partial charge in [-0.2, -0.15) is 5.10 Å². The Labute approximate surface area is 96.0 Å². The fourth-order valence-corrected chi connectivity index (χ4v) is 2.85. The summed E-state index contributed by atoms with van der Waals surface area (Å²) in [5, 5.41) is 8.17. The lowest BCUT2D eigenvalue weighted by Crippen LogP contribution is -2.29. The smallest absolute Gasteiger partial charge is 0.0753 e. The van der Waals surface area contributed by atoms with Crippen LogP contribution >= 0.6 is 0 Å². The highest BCUT2D eigenvalue weighted by molar-refractivity contribution is 5.30. The molecule has 4 heteroatoms. The first-order valence-electron chi connectivity index (χ1n) is 6.19. The molecule has 1 saturated heterocycles. The van der Waals surface area contributed by atoms with Crippen molar-refractivity contribution in [3.8, 4) is 0 Å². The van der Waals surface area contributed by atoms with Gasteiger partial charge in [-0.05, 0) is 19.4 Å². The van der Waals surface area contributed by atoms with Crippen LogP contribution in [0.2, 0.25) is 0 Å². The van der Waals surface area contributed by atoms with Gasteiger partial charge in [-0.25, -0.2) is 0 Å². The summed E-state index contributed by atoms with van der Waals surface area (Å²) in [5.74, 6) is 0.588. The van der Waals surface area contributed by atoms with E-state index in [1.165, 1.54) is 29.8 Å². The Bertz CT molecular complexity index is 380. The lowest BCUT2D eigenvalue weighted by molar-refractivity contribution is 0.108. The van der Waals surface area contributed by atoms with Crippen molar-refractivity contribution in [1.82, 2.24) is 15.1 Å². The van der Waals surface area contributed by atoms with Crippen LogP contribution in [0.5, 0.6) is 0 Å². The molecule has 1 fully saturated rings. The van der Waals surface area contributed by atoms with Crippen LogP contribution < -0.4 is 5.32 Å². The standard InChI is InChI=1S/C12H19N3O/c1-15-11-4-6-16-8-10(11)12(14-15)9-3-2-5-13-7-9/h9,13H,2-8H2,1H3/t9-/m1/s1. The molecular weight excluding hydrogens is 202 g/mol. The van der Waals surface area contributed by atoms with E-state index in [2.05, 4.69) is 17.0 Å². The molecule has 0 aromatic carbocycles. The lowest BCUT2D eigenvalue weighted by atomic mass is 9.92. The van der Waals surface area contributed by atoms with Crippen LogP contribution in [0.25, 0.3) is 0 Å². The van der Waals surface area contributed by atoms with Crippen LogP contribution in [0, 0.1) is 0 Å². The molecule has 0 saturated carbocycles. The molecule has 2 aliphatic heterocycles. The summed E-state index contributed by atoms with van der Waals surface area (Å²) < 4.78 is 7.62. The lowest BCUT2D eigenvalue weighted by Gasteiger charge is -2.23. The van der Waals surface area contributed by atoms with Crippen LogP contribution in [0.1, 0.15) is 35.7 Å². The van der Waals surface area contributed by atoms with E-state index in [0.717, 1.165) is 32.7 Å². The molecule has 3 heterocycles. The van der Waals surface area contributed by atoms with Crippen molar-refractivity contribution < 1.29 is 4.74 Å². The van der Waals surface area contributed by atoms with Crippen molar-refractivity contribution >= 4 is 0 Å². The zero-order chi connectivity index (χ0) is 11.0. The highest BCUT2D eigenvalue weighted by Gasteiger charge is 2.26. The number of fused-ring (bicyclic) bond motifs is 1. The third-order valence-electron chi connectivity index (χ3n) is 3.72. The van der Waals surface area contributed by atoms with Gasteiger partial charge in [0.15, 0.2) is 0 Å². The van der Waals surface area contributed by atoms with Crippen molar-refractivity contribution in [2.24, 2.45) is 7.05 Å². The second kappa shape index (κ2) is 4.18. The number of ether oxygens (including phenoxy) is 1. The predicted molar refractivity (Wildman–Crippen MR) is 61.4 cm³/mol. The second-order valence-electron chi connectivity index (χ2n) is 4.78. The normalized spacial score (nSPS) is 25.4. The monoisotopic (exact) mass is 221 g/mol. The molecule has 1 atom stereocenters. The summed E-state index contributed by atoms with van der Waals surface area (Å²) >= 11 is 0. The molecule has 0 unspecified atom stereocenters. The third-order valence-corrected chi connectivity index (χ3v) is 3.72. The minimum Gasteiger partial charge on any atom is -0.376 e. The molecule has 1 aromatic rings. The largest absolute Gasteiger partial charge is 0.376 e. The Kier molecular flexibility index (Phi) is 2.69. The highest BCUT2D eigenvalue weighted by Crippen LogP contribution is 2.29. The maximum Gasteiger partial charge on any atom is 0.0753 e. The predicted octanol–water partition coefficient (Wildman–Crippen LogP) is 0.960. The van der Waals surface area contributed by atoms with Crippen LogP contribution in [-0.2, 0) is 24.8 Å². The summed E-state index contributed by atoms with van der Waals surface area (Å²) in [6.07, 6.45) is 3.53. The summed E-state index contributed by atoms with van der Waals surface area (Å²) in [5.41, 5.74) is 4.03. The summed E-state index contributed by atoms with van der Waals surface area (Å²) in [6.45, 7) is 3.83. The van der Waals surface area contributed by atoms with Crippen molar-refractivity contribution in [2.45, 2.75) is 31.8 Å². The Hall–Kier alpha value is -0.870. The molecule has 88 valence electrons. The number of hydrogen-bond donors (Lipinski definition) is 1. The molecule has 4 nitrogen and oxygen atoms in total. The zero-order valence-electron chi connectivity index (χ0n) is 9.83. The van der Waals surface area contributed by atoms with Gasteiger partial charge in [0.1, 0.15) is 0 Å². The molecule has 0 bridgehead atoms. The van der Waals surface area contributed by atoms with E-state index >= 15 is 0 Å². The minimum atomic E-state index is 0.588. The van der Waals surface area contributed by atoms with Gasteiger partial charge in [0, 0.05) is 37.2 Å². The summed E-state index contributed by atoms with van der Waals surface area (Å²) in [6, 6.07) is 0. The van der Waals surface area contributed by atoms with Gasteiger partial charge < -0.3 is 10.1 Å². The molecule has 0 amide bonds. The van der Waals surface area contributed by atoms with Gasteiger partial charge >= 0.3 is 0 Å². The average Bonchev–Trinajstić information content (AvgIpc) is 2.69. The first-order chi connectivity index (χ1) is 7.86. The summed E-state index contributed by atoms with van der Waals surface area (Å²) in [4.78, 5) is 0. The number of piperidine rings is 1.